The normalized spacial score (nSPS) is 13.7. The van der Waals surface area contributed by atoms with E-state index < -0.39 is 10.0 Å². The van der Waals surface area contributed by atoms with Crippen LogP contribution < -0.4 is 4.72 Å². The fourth-order valence-electron chi connectivity index (χ4n) is 1.49. The molecule has 0 saturated heterocycles. The van der Waals surface area contributed by atoms with Crippen molar-refractivity contribution in [2.45, 2.75) is 24.4 Å². The van der Waals surface area contributed by atoms with Gasteiger partial charge >= 0.3 is 0 Å². The van der Waals surface area contributed by atoms with Crippen LogP contribution in [-0.4, -0.2) is 23.0 Å². The zero-order valence-electron chi connectivity index (χ0n) is 10.1. The standard InChI is InChI=1S/C10H14N4O2S2/c1-3-8(10-11-4-5-17-10)13-18(15,16)9-6-14(2)7-12-9/h4-8,13H,3H2,1-2H3/t8-/m0/s1. The van der Waals surface area contributed by atoms with Crippen molar-refractivity contribution in [3.63, 3.8) is 0 Å². The minimum Gasteiger partial charge on any atom is -0.339 e. The van der Waals surface area contributed by atoms with E-state index in [-0.39, 0.29) is 11.1 Å². The number of aromatic nitrogens is 3. The Balaban J connectivity index is 2.22. The molecular formula is C10H14N4O2S2. The molecule has 2 aromatic heterocycles. The lowest BCUT2D eigenvalue weighted by molar-refractivity contribution is 0.546. The Hall–Kier alpha value is -1.25. The van der Waals surface area contributed by atoms with Gasteiger partial charge in [0.25, 0.3) is 10.0 Å². The quantitative estimate of drug-likeness (QED) is 0.899. The first-order chi connectivity index (χ1) is 8.53. The van der Waals surface area contributed by atoms with Gasteiger partial charge in [0.1, 0.15) is 5.01 Å². The number of aryl methyl sites for hydroxylation is 1. The predicted octanol–water partition coefficient (Wildman–Crippen LogP) is 1.31. The number of nitrogens with one attached hydrogen (secondary N) is 1. The minimum atomic E-state index is -3.59. The molecule has 2 rings (SSSR count). The summed E-state index contributed by atoms with van der Waals surface area (Å²) >= 11 is 1.43. The van der Waals surface area contributed by atoms with Crippen molar-refractivity contribution in [3.05, 3.63) is 29.1 Å². The molecule has 0 radical (unpaired) electrons. The highest BCUT2D eigenvalue weighted by Crippen LogP contribution is 2.21. The molecule has 0 aromatic carbocycles. The zero-order chi connectivity index (χ0) is 13.2. The molecule has 0 aliphatic rings. The van der Waals surface area contributed by atoms with E-state index >= 15 is 0 Å². The van der Waals surface area contributed by atoms with Gasteiger partial charge in [0.15, 0.2) is 5.03 Å². The first-order valence-corrected chi connectivity index (χ1v) is 7.79. The van der Waals surface area contributed by atoms with E-state index in [1.165, 1.54) is 23.9 Å². The molecule has 2 aromatic rings. The molecule has 0 aliphatic heterocycles. The Morgan fingerprint density at radius 3 is 2.78 bits per heavy atom. The average Bonchev–Trinajstić information content (AvgIpc) is 2.96. The molecule has 18 heavy (non-hydrogen) atoms. The molecule has 8 heteroatoms. The van der Waals surface area contributed by atoms with E-state index in [0.29, 0.717) is 6.42 Å². The summed E-state index contributed by atoms with van der Waals surface area (Å²) in [6.45, 7) is 1.91. The van der Waals surface area contributed by atoms with Gasteiger partial charge in [-0.25, -0.2) is 18.4 Å². The molecular weight excluding hydrogens is 272 g/mol. The van der Waals surface area contributed by atoms with Gasteiger partial charge in [0, 0.05) is 24.8 Å². The molecule has 98 valence electrons. The fourth-order valence-corrected chi connectivity index (χ4v) is 3.60. The van der Waals surface area contributed by atoms with Crippen molar-refractivity contribution in [1.82, 2.24) is 19.3 Å². The SMILES string of the molecule is CC[C@H](NS(=O)(=O)c1cn(C)cn1)c1nccs1. The predicted molar refractivity (Wildman–Crippen MR) is 68.7 cm³/mol. The van der Waals surface area contributed by atoms with Crippen LogP contribution in [0.2, 0.25) is 0 Å². The molecule has 1 N–H and O–H groups in total. The second-order valence-electron chi connectivity index (χ2n) is 3.83. The summed E-state index contributed by atoms with van der Waals surface area (Å²) in [6, 6.07) is -0.308. The third-order valence-electron chi connectivity index (χ3n) is 2.41. The van der Waals surface area contributed by atoms with Gasteiger partial charge in [0.2, 0.25) is 0 Å². The third kappa shape index (κ3) is 2.77. The summed E-state index contributed by atoms with van der Waals surface area (Å²) in [5, 5.41) is 2.62. The molecule has 6 nitrogen and oxygen atoms in total. The van der Waals surface area contributed by atoms with Gasteiger partial charge in [-0.2, -0.15) is 4.72 Å². The molecule has 0 unspecified atom stereocenters. The molecule has 0 amide bonds. The number of hydrogen-bond donors (Lipinski definition) is 1. The second kappa shape index (κ2) is 5.17. The maximum Gasteiger partial charge on any atom is 0.260 e. The van der Waals surface area contributed by atoms with Crippen LogP contribution in [0, 0.1) is 0 Å². The van der Waals surface area contributed by atoms with Gasteiger partial charge < -0.3 is 4.57 Å². The van der Waals surface area contributed by atoms with E-state index in [2.05, 4.69) is 14.7 Å². The summed E-state index contributed by atoms with van der Waals surface area (Å²) in [6.07, 6.45) is 5.23. The highest BCUT2D eigenvalue weighted by Gasteiger charge is 2.23. The monoisotopic (exact) mass is 286 g/mol. The molecule has 0 bridgehead atoms. The number of hydrogen-bond acceptors (Lipinski definition) is 5. The van der Waals surface area contributed by atoms with Crippen LogP contribution in [0.15, 0.2) is 29.1 Å². The van der Waals surface area contributed by atoms with Crippen LogP contribution >= 0.6 is 11.3 Å². The highest BCUT2D eigenvalue weighted by atomic mass is 32.2. The number of rotatable bonds is 5. The van der Waals surface area contributed by atoms with Gasteiger partial charge in [-0.1, -0.05) is 6.92 Å². The van der Waals surface area contributed by atoms with Crippen LogP contribution in [-0.2, 0) is 17.1 Å². The van der Waals surface area contributed by atoms with E-state index in [9.17, 15) is 8.42 Å². The summed E-state index contributed by atoms with van der Waals surface area (Å²) in [4.78, 5) is 7.99. The van der Waals surface area contributed by atoms with Crippen molar-refractivity contribution in [2.75, 3.05) is 0 Å². The Morgan fingerprint density at radius 2 is 2.28 bits per heavy atom. The first-order valence-electron chi connectivity index (χ1n) is 5.42. The topological polar surface area (TPSA) is 76.9 Å². The molecule has 0 aliphatic carbocycles. The Labute approximate surface area is 110 Å². The van der Waals surface area contributed by atoms with E-state index in [1.807, 2.05) is 12.3 Å². The Kier molecular flexibility index (Phi) is 3.79. The second-order valence-corrected chi connectivity index (χ2v) is 6.42. The van der Waals surface area contributed by atoms with Gasteiger partial charge in [0.05, 0.1) is 12.4 Å². The first kappa shape index (κ1) is 13.2. The molecule has 2 heterocycles. The van der Waals surface area contributed by atoms with Crippen molar-refractivity contribution < 1.29 is 8.42 Å². The zero-order valence-corrected chi connectivity index (χ0v) is 11.7. The van der Waals surface area contributed by atoms with Crippen molar-refractivity contribution in [1.29, 1.82) is 0 Å². The summed E-state index contributed by atoms with van der Waals surface area (Å²) in [5.74, 6) is 0. The minimum absolute atomic E-state index is 0.0278. The average molecular weight is 286 g/mol. The lowest BCUT2D eigenvalue weighted by atomic mass is 10.3. The fraction of sp³-hybridized carbons (Fsp3) is 0.400. The van der Waals surface area contributed by atoms with Crippen LogP contribution in [0.3, 0.4) is 0 Å². The Morgan fingerprint density at radius 1 is 1.50 bits per heavy atom. The molecule has 0 saturated carbocycles. The van der Waals surface area contributed by atoms with Crippen molar-refractivity contribution in [3.8, 4) is 0 Å². The Bertz CT molecular complexity index is 604. The van der Waals surface area contributed by atoms with E-state index in [4.69, 9.17) is 0 Å². The number of nitrogens with zero attached hydrogens (tertiary/aromatic N) is 3. The van der Waals surface area contributed by atoms with Crippen molar-refractivity contribution >= 4 is 21.4 Å². The number of imidazole rings is 1. The third-order valence-corrected chi connectivity index (χ3v) is 4.66. The van der Waals surface area contributed by atoms with Gasteiger partial charge in [-0.3, -0.25) is 0 Å². The largest absolute Gasteiger partial charge is 0.339 e. The van der Waals surface area contributed by atoms with E-state index in [0.717, 1.165) is 5.01 Å². The lowest BCUT2D eigenvalue weighted by Gasteiger charge is -2.13. The van der Waals surface area contributed by atoms with Crippen LogP contribution in [0.1, 0.15) is 24.4 Å². The smallest absolute Gasteiger partial charge is 0.260 e. The highest BCUT2D eigenvalue weighted by molar-refractivity contribution is 7.89. The van der Waals surface area contributed by atoms with Gasteiger partial charge in [-0.05, 0) is 6.42 Å². The maximum atomic E-state index is 12.1. The summed E-state index contributed by atoms with van der Waals surface area (Å²) in [7, 11) is -1.87. The van der Waals surface area contributed by atoms with Crippen LogP contribution in [0.4, 0.5) is 0 Å². The van der Waals surface area contributed by atoms with Crippen LogP contribution in [0.25, 0.3) is 0 Å². The van der Waals surface area contributed by atoms with E-state index in [1.54, 1.807) is 17.8 Å². The molecule has 0 spiro atoms. The molecule has 0 fully saturated rings. The maximum absolute atomic E-state index is 12.1. The number of thiazole rings is 1. The molecule has 1 atom stereocenters. The van der Waals surface area contributed by atoms with Gasteiger partial charge in [-0.15, -0.1) is 11.3 Å². The summed E-state index contributed by atoms with van der Waals surface area (Å²) < 4.78 is 28.4. The number of sulfonamides is 1. The van der Waals surface area contributed by atoms with Crippen LogP contribution in [0.5, 0.6) is 0 Å². The lowest BCUT2D eigenvalue weighted by Crippen LogP contribution is -2.28. The van der Waals surface area contributed by atoms with Crippen molar-refractivity contribution in [2.24, 2.45) is 7.05 Å². The summed E-state index contributed by atoms with van der Waals surface area (Å²) in [5.41, 5.74) is 0.